The Balaban J connectivity index is 3.17. The van der Waals surface area contributed by atoms with Gasteiger partial charge in [0.05, 0.1) is 9.33 Å². The number of hydrogen-bond donors (Lipinski definition) is 3. The van der Waals surface area contributed by atoms with Crippen LogP contribution in [-0.4, -0.2) is 25.0 Å². The van der Waals surface area contributed by atoms with Crippen molar-refractivity contribution >= 4 is 43.1 Å². The van der Waals surface area contributed by atoms with Crippen LogP contribution in [0.15, 0.2) is 25.3 Å². The highest BCUT2D eigenvalue weighted by molar-refractivity contribution is 9.11. The molecule has 4 N–H and O–H groups in total. The van der Waals surface area contributed by atoms with E-state index in [2.05, 4.69) is 25.8 Å². The number of nitrogens with zero attached hydrogens (tertiary/aromatic N) is 1. The molecule has 0 atom stereocenters. The first kappa shape index (κ1) is 16.4. The highest BCUT2D eigenvalue weighted by atomic mass is 79.9. The molecule has 0 radical (unpaired) electrons. The normalized spacial score (nSPS) is 13.7. The van der Waals surface area contributed by atoms with Crippen LogP contribution in [0.1, 0.15) is 26.7 Å². The highest BCUT2D eigenvalue weighted by Crippen LogP contribution is 2.28. The van der Waals surface area contributed by atoms with Gasteiger partial charge in [0, 0.05) is 0 Å². The first-order valence-corrected chi connectivity index (χ1v) is 8.68. The van der Waals surface area contributed by atoms with Crippen molar-refractivity contribution in [1.82, 2.24) is 4.72 Å². The molecule has 0 saturated carbocycles. The van der Waals surface area contributed by atoms with Gasteiger partial charge >= 0.3 is 0 Å². The molecule has 0 aliphatic heterocycles. The molecule has 0 fully saturated rings. The molecular formula is C10H16BrN3O3S2. The lowest BCUT2D eigenvalue weighted by Crippen LogP contribution is -2.56. The molecular weight excluding hydrogens is 354 g/mol. The van der Waals surface area contributed by atoms with Crippen molar-refractivity contribution in [2.75, 3.05) is 0 Å². The number of thiophene rings is 1. The van der Waals surface area contributed by atoms with Crippen molar-refractivity contribution < 1.29 is 13.6 Å². The summed E-state index contributed by atoms with van der Waals surface area (Å²) in [6.07, 6.45) is 0.760. The fourth-order valence-electron chi connectivity index (χ4n) is 1.65. The molecule has 6 nitrogen and oxygen atoms in total. The van der Waals surface area contributed by atoms with Gasteiger partial charge in [-0.1, -0.05) is 19.0 Å². The van der Waals surface area contributed by atoms with Crippen LogP contribution in [0.4, 0.5) is 0 Å². The number of hydrogen-bond acceptors (Lipinski definition) is 5. The van der Waals surface area contributed by atoms with Gasteiger partial charge in [-0.2, -0.15) is 4.72 Å². The van der Waals surface area contributed by atoms with Crippen molar-refractivity contribution in [3.63, 3.8) is 0 Å². The second-order valence-electron chi connectivity index (χ2n) is 3.94. The summed E-state index contributed by atoms with van der Waals surface area (Å²) in [5, 5.41) is 11.8. The van der Waals surface area contributed by atoms with Crippen molar-refractivity contribution in [3.05, 3.63) is 15.9 Å². The lowest BCUT2D eigenvalue weighted by molar-refractivity contribution is 0.307. The average molecular weight is 370 g/mol. The molecule has 0 amide bonds. The lowest BCUT2D eigenvalue weighted by Gasteiger charge is -2.30. The van der Waals surface area contributed by atoms with Crippen molar-refractivity contribution in [1.29, 1.82) is 0 Å². The molecule has 0 saturated heterocycles. The fraction of sp³-hybridized carbons (Fsp3) is 0.500. The van der Waals surface area contributed by atoms with Crippen LogP contribution in [-0.2, 0) is 10.0 Å². The summed E-state index contributed by atoms with van der Waals surface area (Å²) in [6.45, 7) is 3.54. The van der Waals surface area contributed by atoms with Crippen LogP contribution in [0.3, 0.4) is 0 Å². The zero-order valence-corrected chi connectivity index (χ0v) is 13.8. The van der Waals surface area contributed by atoms with Gasteiger partial charge < -0.3 is 10.9 Å². The Bertz CT molecular complexity index is 564. The van der Waals surface area contributed by atoms with E-state index in [1.807, 2.05) is 0 Å². The van der Waals surface area contributed by atoms with Gasteiger partial charge in [-0.15, -0.1) is 11.3 Å². The summed E-state index contributed by atoms with van der Waals surface area (Å²) >= 11 is 4.32. The average Bonchev–Trinajstić information content (AvgIpc) is 2.82. The van der Waals surface area contributed by atoms with E-state index < -0.39 is 15.6 Å². The smallest absolute Gasteiger partial charge is 0.251 e. The molecule has 0 unspecified atom stereocenters. The lowest BCUT2D eigenvalue weighted by atomic mass is 9.93. The third-order valence-corrected chi connectivity index (χ3v) is 6.60. The number of oxime groups is 1. The molecule has 108 valence electrons. The topological polar surface area (TPSA) is 105 Å². The van der Waals surface area contributed by atoms with Gasteiger partial charge in [0.1, 0.15) is 4.21 Å². The molecule has 0 spiro atoms. The van der Waals surface area contributed by atoms with E-state index in [9.17, 15) is 8.42 Å². The van der Waals surface area contributed by atoms with E-state index in [4.69, 9.17) is 10.9 Å². The minimum absolute atomic E-state index is 0.142. The van der Waals surface area contributed by atoms with Crippen molar-refractivity contribution in [2.24, 2.45) is 10.9 Å². The summed E-state index contributed by atoms with van der Waals surface area (Å²) in [7, 11) is -3.71. The van der Waals surface area contributed by atoms with Crippen LogP contribution >= 0.6 is 27.3 Å². The standard InChI is InChI=1S/C10H16BrN3O3S2/c1-3-10(4-2,9(12)13-15)14-19(16,17)8-6-5-7(11)18-8/h5-6,14-15H,3-4H2,1-2H3,(H2,12,13). The third kappa shape index (κ3) is 3.47. The van der Waals surface area contributed by atoms with Crippen LogP contribution < -0.4 is 10.5 Å². The predicted molar refractivity (Wildman–Crippen MR) is 79.1 cm³/mol. The van der Waals surface area contributed by atoms with E-state index in [0.29, 0.717) is 12.8 Å². The quantitative estimate of drug-likeness (QED) is 0.309. The minimum Gasteiger partial charge on any atom is -0.409 e. The predicted octanol–water partition coefficient (Wildman–Crippen LogP) is 2.09. The summed E-state index contributed by atoms with van der Waals surface area (Å²) < 4.78 is 28.0. The van der Waals surface area contributed by atoms with Crippen molar-refractivity contribution in [3.8, 4) is 0 Å². The Morgan fingerprint density at radius 3 is 2.47 bits per heavy atom. The highest BCUT2D eigenvalue weighted by Gasteiger charge is 2.37. The van der Waals surface area contributed by atoms with Crippen LogP contribution in [0.25, 0.3) is 0 Å². The van der Waals surface area contributed by atoms with E-state index in [-0.39, 0.29) is 10.0 Å². The van der Waals surface area contributed by atoms with Crippen LogP contribution in [0.5, 0.6) is 0 Å². The minimum atomic E-state index is -3.71. The monoisotopic (exact) mass is 369 g/mol. The molecule has 1 aromatic rings. The molecule has 0 aliphatic rings. The second-order valence-corrected chi connectivity index (χ2v) is 8.31. The van der Waals surface area contributed by atoms with Gasteiger partial charge in [0.15, 0.2) is 5.84 Å². The second kappa shape index (κ2) is 6.21. The number of halogens is 1. The van der Waals surface area contributed by atoms with Gasteiger partial charge in [0.2, 0.25) is 0 Å². The number of sulfonamides is 1. The fourth-order valence-corrected chi connectivity index (χ4v) is 5.18. The maximum atomic E-state index is 12.3. The third-order valence-electron chi connectivity index (χ3n) is 2.95. The Morgan fingerprint density at radius 1 is 1.53 bits per heavy atom. The zero-order chi connectivity index (χ0) is 14.7. The molecule has 1 aromatic heterocycles. The molecule has 1 rings (SSSR count). The maximum Gasteiger partial charge on any atom is 0.251 e. The Morgan fingerprint density at radius 2 is 2.11 bits per heavy atom. The van der Waals surface area contributed by atoms with Gasteiger partial charge in [0.25, 0.3) is 10.0 Å². The summed E-state index contributed by atoms with van der Waals surface area (Å²) in [4.78, 5) is 0. The van der Waals surface area contributed by atoms with Crippen LogP contribution in [0.2, 0.25) is 0 Å². The first-order chi connectivity index (χ1) is 8.81. The number of rotatable bonds is 6. The zero-order valence-electron chi connectivity index (χ0n) is 10.6. The van der Waals surface area contributed by atoms with E-state index in [1.165, 1.54) is 6.07 Å². The maximum absolute atomic E-state index is 12.3. The van der Waals surface area contributed by atoms with Crippen molar-refractivity contribution in [2.45, 2.75) is 36.4 Å². The molecule has 0 aromatic carbocycles. The van der Waals surface area contributed by atoms with E-state index in [0.717, 1.165) is 15.1 Å². The summed E-state index contributed by atoms with van der Waals surface area (Å²) in [5.41, 5.74) is 4.55. The largest absolute Gasteiger partial charge is 0.409 e. The SMILES string of the molecule is CCC(CC)(NS(=O)(=O)c1ccc(Br)s1)/C(N)=N/O. The Hall–Kier alpha value is -0.640. The Labute approximate surface area is 124 Å². The van der Waals surface area contributed by atoms with Crippen LogP contribution in [0, 0.1) is 0 Å². The first-order valence-electron chi connectivity index (χ1n) is 5.58. The van der Waals surface area contributed by atoms with E-state index in [1.54, 1.807) is 19.9 Å². The Kier molecular flexibility index (Phi) is 5.36. The molecule has 9 heteroatoms. The number of nitrogens with one attached hydrogen (secondary N) is 1. The molecule has 0 bridgehead atoms. The van der Waals surface area contributed by atoms with Gasteiger partial charge in [-0.05, 0) is 40.9 Å². The summed E-state index contributed by atoms with van der Waals surface area (Å²) in [6, 6.07) is 3.15. The number of amidine groups is 1. The number of nitrogens with two attached hydrogens (primary N) is 1. The van der Waals surface area contributed by atoms with E-state index >= 15 is 0 Å². The molecule has 19 heavy (non-hydrogen) atoms. The van der Waals surface area contributed by atoms with Gasteiger partial charge in [-0.3, -0.25) is 0 Å². The van der Waals surface area contributed by atoms with Gasteiger partial charge in [-0.25, -0.2) is 8.42 Å². The molecule has 1 heterocycles. The molecule has 0 aliphatic carbocycles. The summed E-state index contributed by atoms with van der Waals surface area (Å²) in [5.74, 6) is -0.142.